The molecule has 0 radical (unpaired) electrons. The number of ether oxygens (including phenoxy) is 2. The number of nitrogens with zero attached hydrogens (tertiary/aromatic N) is 2. The molecule has 0 aliphatic carbocycles. The number of pyridine rings is 1. The van der Waals surface area contributed by atoms with E-state index in [9.17, 15) is 0 Å². The number of furan rings is 1. The van der Waals surface area contributed by atoms with E-state index in [-0.39, 0.29) is 12.1 Å². The van der Waals surface area contributed by atoms with Gasteiger partial charge in [0.2, 0.25) is 0 Å². The second-order valence-electron chi connectivity index (χ2n) is 8.84. The van der Waals surface area contributed by atoms with Crippen LogP contribution in [0.4, 0.5) is 5.69 Å². The van der Waals surface area contributed by atoms with Crippen molar-refractivity contribution in [3.05, 3.63) is 127 Å². The molecule has 1 aliphatic rings. The number of hydrogen-bond acceptors (Lipinski definition) is 6. The van der Waals surface area contributed by atoms with E-state index in [0.717, 1.165) is 44.4 Å². The van der Waals surface area contributed by atoms with Gasteiger partial charge in [0.05, 0.1) is 18.8 Å². The summed E-state index contributed by atoms with van der Waals surface area (Å²) in [6, 6.07) is 35.1. The van der Waals surface area contributed by atoms with Crippen LogP contribution in [-0.2, 0) is 0 Å². The summed E-state index contributed by atoms with van der Waals surface area (Å²) in [4.78, 5) is 7.82. The molecule has 1 aliphatic heterocycles. The lowest BCUT2D eigenvalue weighted by Gasteiger charge is -2.26. The third-order valence-electron chi connectivity index (χ3n) is 6.36. The summed E-state index contributed by atoms with van der Waals surface area (Å²) in [5, 5.41) is 4.90. The quantitative estimate of drug-likeness (QED) is 0.196. The number of thiocarbonyl (C=S) groups is 1. The number of anilines is 1. The molecule has 0 bridgehead atoms. The van der Waals surface area contributed by atoms with Crippen molar-refractivity contribution >= 4 is 34.8 Å². The van der Waals surface area contributed by atoms with E-state index in [1.807, 2.05) is 97.1 Å². The molecule has 0 spiro atoms. The molecule has 0 saturated carbocycles. The molecule has 194 valence electrons. The zero-order valence-corrected chi connectivity index (χ0v) is 22.7. The summed E-state index contributed by atoms with van der Waals surface area (Å²) >= 11 is 7.44. The summed E-state index contributed by atoms with van der Waals surface area (Å²) in [6.45, 7) is 0. The summed E-state index contributed by atoms with van der Waals surface area (Å²) in [6.07, 6.45) is 1.80. The largest absolute Gasteiger partial charge is 0.497 e. The van der Waals surface area contributed by atoms with E-state index in [4.69, 9.17) is 26.1 Å². The van der Waals surface area contributed by atoms with Gasteiger partial charge in [0, 0.05) is 16.8 Å². The first-order chi connectivity index (χ1) is 19.2. The van der Waals surface area contributed by atoms with Crippen LogP contribution in [0.2, 0.25) is 0 Å². The van der Waals surface area contributed by atoms with Crippen molar-refractivity contribution in [3.63, 3.8) is 0 Å². The maximum atomic E-state index is 6.40. The number of methoxy groups -OCH3 is 1. The highest BCUT2D eigenvalue weighted by atomic mass is 32.2. The van der Waals surface area contributed by atoms with Crippen LogP contribution in [0.15, 0.2) is 130 Å². The van der Waals surface area contributed by atoms with Crippen LogP contribution in [0.3, 0.4) is 0 Å². The molecule has 0 unspecified atom stereocenters. The Morgan fingerprint density at radius 3 is 2.21 bits per heavy atom. The average molecular weight is 552 g/mol. The smallest absolute Gasteiger partial charge is 0.174 e. The minimum absolute atomic E-state index is 0.186. The van der Waals surface area contributed by atoms with Crippen molar-refractivity contribution in [2.45, 2.75) is 22.1 Å². The maximum absolute atomic E-state index is 6.40. The molecule has 5 aromatic rings. The normalized spacial score (nSPS) is 16.6. The van der Waals surface area contributed by atoms with Gasteiger partial charge in [0.15, 0.2) is 10.2 Å². The first kappa shape index (κ1) is 25.0. The molecular formula is C31H25N3O3S2. The lowest BCUT2D eigenvalue weighted by atomic mass is 10.0. The van der Waals surface area contributed by atoms with E-state index in [1.165, 1.54) is 0 Å². The molecule has 6 rings (SSSR count). The molecular weight excluding hydrogens is 526 g/mol. The lowest BCUT2D eigenvalue weighted by Crippen LogP contribution is -2.29. The van der Waals surface area contributed by atoms with Crippen molar-refractivity contribution in [3.8, 4) is 17.2 Å². The molecule has 2 atom stereocenters. The Kier molecular flexibility index (Phi) is 7.21. The number of aromatic nitrogens is 1. The zero-order chi connectivity index (χ0) is 26.6. The minimum atomic E-state index is -0.231. The molecule has 0 amide bonds. The number of hydrogen-bond donors (Lipinski definition) is 1. The van der Waals surface area contributed by atoms with Crippen LogP contribution < -0.4 is 19.7 Å². The Hall–Kier alpha value is -4.27. The van der Waals surface area contributed by atoms with Gasteiger partial charge in [-0.25, -0.2) is 0 Å². The van der Waals surface area contributed by atoms with Crippen molar-refractivity contribution < 1.29 is 13.9 Å². The number of benzene rings is 3. The van der Waals surface area contributed by atoms with Crippen LogP contribution in [-0.4, -0.2) is 17.2 Å². The molecule has 3 aromatic carbocycles. The number of rotatable bonds is 8. The van der Waals surface area contributed by atoms with Gasteiger partial charge in [-0.05, 0) is 97.1 Å². The van der Waals surface area contributed by atoms with E-state index in [1.54, 1.807) is 25.1 Å². The van der Waals surface area contributed by atoms with Gasteiger partial charge in [0.25, 0.3) is 0 Å². The Bertz CT molecular complexity index is 1540. The van der Waals surface area contributed by atoms with Crippen molar-refractivity contribution in [2.75, 3.05) is 12.0 Å². The Labute approximate surface area is 236 Å². The van der Waals surface area contributed by atoms with E-state index < -0.39 is 0 Å². The fourth-order valence-corrected chi connectivity index (χ4v) is 5.67. The molecule has 2 aromatic heterocycles. The third-order valence-corrected chi connectivity index (χ3v) is 7.61. The molecule has 1 N–H and O–H groups in total. The highest BCUT2D eigenvalue weighted by Crippen LogP contribution is 2.43. The Balaban J connectivity index is 1.29. The maximum Gasteiger partial charge on any atom is 0.174 e. The summed E-state index contributed by atoms with van der Waals surface area (Å²) < 4.78 is 17.7. The van der Waals surface area contributed by atoms with Crippen LogP contribution in [0.5, 0.6) is 17.2 Å². The highest BCUT2D eigenvalue weighted by Gasteiger charge is 2.42. The van der Waals surface area contributed by atoms with Gasteiger partial charge in [-0.15, -0.1) is 0 Å². The standard InChI is InChI=1S/C31H25N3O3S2/c1-35-22-14-16-24(17-15-22)36-23-12-10-21(11-13-23)34-30(29(33-31(34)38)26-9-5-6-20-32-26)27-18-19-28(37-27)39-25-7-3-2-4-8-25/h2-20,29-30H,1H3,(H,33,38)/t29-,30-/m0/s1. The highest BCUT2D eigenvalue weighted by molar-refractivity contribution is 7.99. The van der Waals surface area contributed by atoms with Gasteiger partial charge >= 0.3 is 0 Å². The summed E-state index contributed by atoms with van der Waals surface area (Å²) in [5.41, 5.74) is 1.81. The molecule has 39 heavy (non-hydrogen) atoms. The average Bonchev–Trinajstić information content (AvgIpc) is 3.58. The van der Waals surface area contributed by atoms with Crippen LogP contribution in [0, 0.1) is 0 Å². The lowest BCUT2D eigenvalue weighted by molar-refractivity contribution is 0.383. The third kappa shape index (κ3) is 5.48. The summed E-state index contributed by atoms with van der Waals surface area (Å²) in [7, 11) is 1.64. The van der Waals surface area contributed by atoms with Gasteiger partial charge in [-0.3, -0.25) is 4.98 Å². The first-order valence-corrected chi connectivity index (χ1v) is 13.7. The molecule has 1 saturated heterocycles. The second kappa shape index (κ2) is 11.2. The number of nitrogens with one attached hydrogen (secondary N) is 1. The fourth-order valence-electron chi connectivity index (χ4n) is 4.53. The van der Waals surface area contributed by atoms with Crippen LogP contribution in [0.1, 0.15) is 23.5 Å². The SMILES string of the molecule is COc1ccc(Oc2ccc(N3C(=S)N[C@@H](c4ccccn4)[C@@H]3c3ccc(Sc4ccccc4)o3)cc2)cc1. The van der Waals surface area contributed by atoms with Gasteiger partial charge in [-0.2, -0.15) is 0 Å². The second-order valence-corrected chi connectivity index (χ2v) is 10.3. The summed E-state index contributed by atoms with van der Waals surface area (Å²) in [5.74, 6) is 3.04. The topological polar surface area (TPSA) is 59.8 Å². The van der Waals surface area contributed by atoms with Crippen molar-refractivity contribution in [1.29, 1.82) is 0 Å². The molecule has 1 fully saturated rings. The van der Waals surface area contributed by atoms with Crippen LogP contribution in [0.25, 0.3) is 0 Å². The molecule has 6 nitrogen and oxygen atoms in total. The fraction of sp³-hybridized carbons (Fsp3) is 0.0968. The van der Waals surface area contributed by atoms with E-state index in [2.05, 4.69) is 27.3 Å². The van der Waals surface area contributed by atoms with Gasteiger partial charge in [-0.1, -0.05) is 36.0 Å². The van der Waals surface area contributed by atoms with Gasteiger partial charge in [0.1, 0.15) is 29.1 Å². The first-order valence-electron chi connectivity index (χ1n) is 12.4. The molecule has 8 heteroatoms. The van der Waals surface area contributed by atoms with Gasteiger partial charge < -0.3 is 24.1 Å². The Morgan fingerprint density at radius 1 is 0.821 bits per heavy atom. The predicted molar refractivity (Wildman–Crippen MR) is 157 cm³/mol. The zero-order valence-electron chi connectivity index (χ0n) is 21.1. The van der Waals surface area contributed by atoms with E-state index in [0.29, 0.717) is 5.11 Å². The van der Waals surface area contributed by atoms with Crippen molar-refractivity contribution in [2.24, 2.45) is 0 Å². The molecule has 3 heterocycles. The van der Waals surface area contributed by atoms with Crippen molar-refractivity contribution in [1.82, 2.24) is 10.3 Å². The van der Waals surface area contributed by atoms with E-state index >= 15 is 0 Å². The Morgan fingerprint density at radius 2 is 1.51 bits per heavy atom. The predicted octanol–water partition coefficient (Wildman–Crippen LogP) is 7.80. The monoisotopic (exact) mass is 551 g/mol. The minimum Gasteiger partial charge on any atom is -0.497 e. The van der Waals surface area contributed by atoms with Crippen LogP contribution >= 0.6 is 24.0 Å².